The first kappa shape index (κ1) is 18.2. The molecule has 1 unspecified atom stereocenters. The lowest BCUT2D eigenvalue weighted by Gasteiger charge is -2.34. The molecule has 1 atom stereocenters. The minimum absolute atomic E-state index is 0.0863. The molecule has 1 aromatic rings. The standard InChI is InChI=1S/C17H25Br2F/c1-3-5-8-14(4-2)11-17(12-18,13-19)15-9-6-7-10-16(15)20/h6-7,9-10,14H,3-5,8,11-13H2,1-2H3. The zero-order chi connectivity index (χ0) is 15.0. The van der Waals surface area contributed by atoms with Crippen molar-refractivity contribution in [3.63, 3.8) is 0 Å². The Kier molecular flexibility index (Phi) is 8.35. The van der Waals surface area contributed by atoms with E-state index in [1.165, 1.54) is 19.3 Å². The van der Waals surface area contributed by atoms with Crippen molar-refractivity contribution in [2.24, 2.45) is 5.92 Å². The molecule has 0 saturated carbocycles. The lowest BCUT2D eigenvalue weighted by Crippen LogP contribution is -2.34. The molecule has 0 aromatic heterocycles. The maximum absolute atomic E-state index is 14.2. The molecule has 3 heteroatoms. The number of hydrogen-bond donors (Lipinski definition) is 0. The van der Waals surface area contributed by atoms with Gasteiger partial charge in [0.05, 0.1) is 0 Å². The molecule has 0 nitrogen and oxygen atoms in total. The molecule has 0 radical (unpaired) electrons. The largest absolute Gasteiger partial charge is 0.207 e. The molecule has 0 spiro atoms. The van der Waals surface area contributed by atoms with Gasteiger partial charge in [-0.1, -0.05) is 89.6 Å². The summed E-state index contributed by atoms with van der Waals surface area (Å²) in [4.78, 5) is 0. The van der Waals surface area contributed by atoms with E-state index in [2.05, 4.69) is 45.7 Å². The number of rotatable bonds is 9. The van der Waals surface area contributed by atoms with E-state index >= 15 is 0 Å². The van der Waals surface area contributed by atoms with Crippen LogP contribution in [0.25, 0.3) is 0 Å². The normalized spacial score (nSPS) is 13.4. The van der Waals surface area contributed by atoms with Crippen LogP contribution in [0.1, 0.15) is 51.5 Å². The van der Waals surface area contributed by atoms with Gasteiger partial charge in [-0.2, -0.15) is 0 Å². The van der Waals surface area contributed by atoms with Crippen LogP contribution in [0.2, 0.25) is 0 Å². The average Bonchev–Trinajstić information content (AvgIpc) is 2.49. The SMILES string of the molecule is CCCCC(CC)CC(CBr)(CBr)c1ccccc1F. The van der Waals surface area contributed by atoms with E-state index in [1.54, 1.807) is 12.1 Å². The second-order valence-electron chi connectivity index (χ2n) is 5.65. The lowest BCUT2D eigenvalue weighted by atomic mass is 9.75. The van der Waals surface area contributed by atoms with Gasteiger partial charge in [0.1, 0.15) is 5.82 Å². The summed E-state index contributed by atoms with van der Waals surface area (Å²) in [6.07, 6.45) is 5.92. The van der Waals surface area contributed by atoms with E-state index < -0.39 is 0 Å². The van der Waals surface area contributed by atoms with Crippen LogP contribution in [0.4, 0.5) is 4.39 Å². The maximum Gasteiger partial charge on any atom is 0.127 e. The summed E-state index contributed by atoms with van der Waals surface area (Å²) in [6.45, 7) is 4.47. The van der Waals surface area contributed by atoms with Gasteiger partial charge in [-0.25, -0.2) is 4.39 Å². The smallest absolute Gasteiger partial charge is 0.127 e. The summed E-state index contributed by atoms with van der Waals surface area (Å²) >= 11 is 7.27. The Hall–Kier alpha value is 0.110. The molecule has 0 N–H and O–H groups in total. The first-order valence-electron chi connectivity index (χ1n) is 7.50. The summed E-state index contributed by atoms with van der Waals surface area (Å²) in [7, 11) is 0. The highest BCUT2D eigenvalue weighted by molar-refractivity contribution is 9.09. The van der Waals surface area contributed by atoms with Gasteiger partial charge in [0, 0.05) is 16.1 Å². The molecule has 0 aliphatic carbocycles. The van der Waals surface area contributed by atoms with E-state index in [0.29, 0.717) is 5.92 Å². The highest BCUT2D eigenvalue weighted by atomic mass is 79.9. The Bertz CT molecular complexity index is 388. The van der Waals surface area contributed by atoms with Crippen molar-refractivity contribution in [3.05, 3.63) is 35.6 Å². The van der Waals surface area contributed by atoms with Crippen LogP contribution < -0.4 is 0 Å². The van der Waals surface area contributed by atoms with E-state index in [4.69, 9.17) is 0 Å². The van der Waals surface area contributed by atoms with Gasteiger partial charge < -0.3 is 0 Å². The fourth-order valence-electron chi connectivity index (χ4n) is 2.79. The van der Waals surface area contributed by atoms with Crippen LogP contribution in [-0.4, -0.2) is 10.7 Å². The van der Waals surface area contributed by atoms with Gasteiger partial charge in [-0.3, -0.25) is 0 Å². The van der Waals surface area contributed by atoms with Crippen LogP contribution >= 0.6 is 31.9 Å². The number of halogens is 3. The first-order valence-corrected chi connectivity index (χ1v) is 9.74. The molecule has 0 saturated heterocycles. The third kappa shape index (κ3) is 4.56. The molecule has 0 aliphatic rings. The summed E-state index contributed by atoms with van der Waals surface area (Å²) in [5.74, 6) is 0.571. The number of benzene rings is 1. The predicted octanol–water partition coefficient (Wildman–Crippen LogP) is 6.46. The van der Waals surface area contributed by atoms with Crippen molar-refractivity contribution in [1.29, 1.82) is 0 Å². The molecule has 0 aliphatic heterocycles. The second-order valence-corrected chi connectivity index (χ2v) is 6.77. The second kappa shape index (κ2) is 9.19. The average molecular weight is 408 g/mol. The summed E-state index contributed by atoms with van der Waals surface area (Å²) < 4.78 is 14.2. The maximum atomic E-state index is 14.2. The van der Waals surface area contributed by atoms with Gasteiger partial charge >= 0.3 is 0 Å². The van der Waals surface area contributed by atoms with E-state index in [0.717, 1.165) is 29.1 Å². The van der Waals surface area contributed by atoms with Gasteiger partial charge in [-0.05, 0) is 24.0 Å². The van der Waals surface area contributed by atoms with Crippen LogP contribution in [0, 0.1) is 11.7 Å². The Labute approximate surface area is 139 Å². The van der Waals surface area contributed by atoms with Gasteiger partial charge in [0.25, 0.3) is 0 Å². The Morgan fingerprint density at radius 1 is 1.15 bits per heavy atom. The fourth-order valence-corrected chi connectivity index (χ4v) is 4.78. The predicted molar refractivity (Wildman–Crippen MR) is 93.6 cm³/mol. The summed E-state index contributed by atoms with van der Waals surface area (Å²) in [5.41, 5.74) is 0.684. The minimum atomic E-state index is -0.153. The van der Waals surface area contributed by atoms with Crippen LogP contribution in [-0.2, 0) is 5.41 Å². The van der Waals surface area contributed by atoms with Crippen LogP contribution in [0.3, 0.4) is 0 Å². The highest BCUT2D eigenvalue weighted by Gasteiger charge is 2.34. The van der Waals surface area contributed by atoms with Crippen molar-refractivity contribution < 1.29 is 4.39 Å². The van der Waals surface area contributed by atoms with E-state index in [1.807, 2.05) is 12.1 Å². The van der Waals surface area contributed by atoms with Crippen molar-refractivity contribution >= 4 is 31.9 Å². The molecule has 0 amide bonds. The molecular weight excluding hydrogens is 383 g/mol. The quantitative estimate of drug-likeness (QED) is 0.412. The molecule has 1 aromatic carbocycles. The molecule has 114 valence electrons. The third-order valence-corrected chi connectivity index (χ3v) is 6.33. The molecule has 0 heterocycles. The zero-order valence-corrected chi connectivity index (χ0v) is 15.6. The van der Waals surface area contributed by atoms with Gasteiger partial charge in [0.15, 0.2) is 0 Å². The number of hydrogen-bond acceptors (Lipinski definition) is 0. The van der Waals surface area contributed by atoms with Crippen LogP contribution in [0.5, 0.6) is 0 Å². The minimum Gasteiger partial charge on any atom is -0.207 e. The monoisotopic (exact) mass is 406 g/mol. The van der Waals surface area contributed by atoms with Crippen molar-refractivity contribution in [1.82, 2.24) is 0 Å². The van der Waals surface area contributed by atoms with Crippen molar-refractivity contribution in [2.45, 2.75) is 51.4 Å². The molecule has 0 bridgehead atoms. The number of unbranched alkanes of at least 4 members (excludes halogenated alkanes) is 1. The van der Waals surface area contributed by atoms with Crippen LogP contribution in [0.15, 0.2) is 24.3 Å². The summed E-state index contributed by atoms with van der Waals surface area (Å²) in [5, 5.41) is 1.57. The van der Waals surface area contributed by atoms with Crippen molar-refractivity contribution in [2.75, 3.05) is 10.7 Å². The topological polar surface area (TPSA) is 0 Å². The Balaban J connectivity index is 2.99. The number of alkyl halides is 2. The Morgan fingerprint density at radius 2 is 1.80 bits per heavy atom. The highest BCUT2D eigenvalue weighted by Crippen LogP contribution is 2.38. The fraction of sp³-hybridized carbons (Fsp3) is 0.647. The molecule has 1 rings (SSSR count). The Morgan fingerprint density at radius 3 is 2.30 bits per heavy atom. The molecule has 0 fully saturated rings. The molecular formula is C17H25Br2F. The molecule has 20 heavy (non-hydrogen) atoms. The van der Waals surface area contributed by atoms with Gasteiger partial charge in [0.2, 0.25) is 0 Å². The lowest BCUT2D eigenvalue weighted by molar-refractivity contribution is 0.331. The van der Waals surface area contributed by atoms with E-state index in [9.17, 15) is 4.39 Å². The first-order chi connectivity index (χ1) is 9.63. The van der Waals surface area contributed by atoms with Crippen molar-refractivity contribution in [3.8, 4) is 0 Å². The van der Waals surface area contributed by atoms with E-state index in [-0.39, 0.29) is 11.2 Å². The zero-order valence-electron chi connectivity index (χ0n) is 12.5. The van der Waals surface area contributed by atoms with Gasteiger partial charge in [-0.15, -0.1) is 0 Å². The third-order valence-electron chi connectivity index (χ3n) is 4.18. The summed E-state index contributed by atoms with van der Waals surface area (Å²) in [6, 6.07) is 7.21.